The van der Waals surface area contributed by atoms with Crippen LogP contribution in [-0.2, 0) is 9.53 Å². The Balaban J connectivity index is 1.97. The van der Waals surface area contributed by atoms with Crippen molar-refractivity contribution in [3.63, 3.8) is 0 Å². The van der Waals surface area contributed by atoms with Gasteiger partial charge in [0.05, 0.1) is 6.61 Å². The number of likely N-dealkylation sites (N-methyl/N-ethyl adjacent to an activating group) is 2. The molecule has 1 saturated carbocycles. The molecule has 5 heteroatoms. The lowest BCUT2D eigenvalue weighted by atomic mass is 9.97. The third-order valence-corrected chi connectivity index (χ3v) is 4.90. The van der Waals surface area contributed by atoms with Gasteiger partial charge in [-0.15, -0.1) is 0 Å². The maximum absolute atomic E-state index is 12.2. The molecule has 0 spiro atoms. The summed E-state index contributed by atoms with van der Waals surface area (Å²) >= 11 is 0. The molecule has 0 bridgehead atoms. The van der Waals surface area contributed by atoms with Gasteiger partial charge < -0.3 is 15.0 Å². The fraction of sp³-hybridized carbons (Fsp3) is 0.933. The molecule has 1 aliphatic carbocycles. The van der Waals surface area contributed by atoms with E-state index in [-0.39, 0.29) is 5.97 Å². The van der Waals surface area contributed by atoms with Crippen LogP contribution in [-0.4, -0.2) is 74.2 Å². The summed E-state index contributed by atoms with van der Waals surface area (Å²) in [5.41, 5.74) is -0.459. The minimum atomic E-state index is -0.459. The van der Waals surface area contributed by atoms with Gasteiger partial charge in [-0.05, 0) is 59.8 Å². The lowest BCUT2D eigenvalue weighted by Gasteiger charge is -2.30. The summed E-state index contributed by atoms with van der Waals surface area (Å²) in [6.07, 6.45) is 4.08. The maximum atomic E-state index is 12.2. The van der Waals surface area contributed by atoms with E-state index >= 15 is 0 Å². The highest BCUT2D eigenvalue weighted by atomic mass is 16.5. The van der Waals surface area contributed by atoms with Crippen molar-refractivity contribution in [1.29, 1.82) is 0 Å². The lowest BCUT2D eigenvalue weighted by molar-refractivity contribution is -0.151. The fourth-order valence-electron chi connectivity index (χ4n) is 3.55. The van der Waals surface area contributed by atoms with Crippen LogP contribution in [0.1, 0.15) is 32.6 Å². The van der Waals surface area contributed by atoms with Crippen LogP contribution in [0.5, 0.6) is 0 Å². The van der Waals surface area contributed by atoms with Gasteiger partial charge in [0.1, 0.15) is 5.54 Å². The predicted octanol–water partition coefficient (Wildman–Crippen LogP) is 0.698. The molecule has 2 fully saturated rings. The third kappa shape index (κ3) is 3.32. The molecule has 0 radical (unpaired) electrons. The first kappa shape index (κ1) is 15.7. The van der Waals surface area contributed by atoms with Crippen molar-refractivity contribution in [2.24, 2.45) is 0 Å². The van der Waals surface area contributed by atoms with E-state index in [4.69, 9.17) is 4.74 Å². The van der Waals surface area contributed by atoms with Gasteiger partial charge in [-0.1, -0.05) is 0 Å². The number of nitrogens with zero attached hydrogens (tertiary/aromatic N) is 2. The quantitative estimate of drug-likeness (QED) is 0.770. The van der Waals surface area contributed by atoms with E-state index < -0.39 is 5.54 Å². The highest BCUT2D eigenvalue weighted by Gasteiger charge is 2.46. The summed E-state index contributed by atoms with van der Waals surface area (Å²) < 4.78 is 5.27. The van der Waals surface area contributed by atoms with Crippen LogP contribution < -0.4 is 5.32 Å². The summed E-state index contributed by atoms with van der Waals surface area (Å²) in [5.74, 6) is -0.0723. The zero-order valence-electron chi connectivity index (χ0n) is 13.2. The van der Waals surface area contributed by atoms with Gasteiger partial charge in [-0.3, -0.25) is 9.69 Å². The van der Waals surface area contributed by atoms with E-state index in [2.05, 4.69) is 22.2 Å². The Morgan fingerprint density at radius 3 is 2.85 bits per heavy atom. The van der Waals surface area contributed by atoms with Crippen molar-refractivity contribution >= 4 is 5.97 Å². The number of hydrogen-bond donors (Lipinski definition) is 1. The summed E-state index contributed by atoms with van der Waals surface area (Å²) in [6, 6.07) is 0.512. The van der Waals surface area contributed by atoms with Crippen LogP contribution in [0.15, 0.2) is 0 Å². The van der Waals surface area contributed by atoms with E-state index in [0.717, 1.165) is 38.9 Å². The summed E-state index contributed by atoms with van der Waals surface area (Å²) in [6.45, 7) is 6.90. The van der Waals surface area contributed by atoms with Crippen molar-refractivity contribution in [3.05, 3.63) is 0 Å². The van der Waals surface area contributed by atoms with Crippen molar-refractivity contribution in [1.82, 2.24) is 15.1 Å². The van der Waals surface area contributed by atoms with Gasteiger partial charge in [0.2, 0.25) is 0 Å². The maximum Gasteiger partial charge on any atom is 0.326 e. The van der Waals surface area contributed by atoms with Gasteiger partial charge in [0, 0.05) is 19.1 Å². The highest BCUT2D eigenvalue weighted by molar-refractivity contribution is 5.81. The average molecular weight is 283 g/mol. The number of ether oxygens (including phenoxy) is 1. The number of hydrogen-bond acceptors (Lipinski definition) is 5. The van der Waals surface area contributed by atoms with Crippen LogP contribution in [0, 0.1) is 0 Å². The molecule has 0 aromatic carbocycles. The molecule has 1 N–H and O–H groups in total. The molecule has 0 amide bonds. The molecule has 5 nitrogen and oxygen atoms in total. The van der Waals surface area contributed by atoms with Crippen molar-refractivity contribution in [2.75, 3.05) is 46.9 Å². The highest BCUT2D eigenvalue weighted by Crippen LogP contribution is 2.34. The Labute approximate surface area is 122 Å². The Morgan fingerprint density at radius 2 is 2.15 bits per heavy atom. The minimum Gasteiger partial charge on any atom is -0.465 e. The molecule has 1 heterocycles. The SMILES string of the molecule is CCOC(=O)C1(NC)CCC(N2CCCN(C)CC2)C1. The van der Waals surface area contributed by atoms with E-state index in [9.17, 15) is 4.79 Å². The van der Waals surface area contributed by atoms with Gasteiger partial charge in [0.25, 0.3) is 0 Å². The normalized spacial score (nSPS) is 33.0. The predicted molar refractivity (Wildman–Crippen MR) is 79.7 cm³/mol. The van der Waals surface area contributed by atoms with E-state index in [1.807, 2.05) is 14.0 Å². The molecule has 0 aromatic heterocycles. The molecule has 2 atom stereocenters. The second kappa shape index (κ2) is 6.87. The van der Waals surface area contributed by atoms with Crippen LogP contribution in [0.2, 0.25) is 0 Å². The van der Waals surface area contributed by atoms with Gasteiger partial charge >= 0.3 is 5.97 Å². The van der Waals surface area contributed by atoms with Crippen molar-refractivity contribution in [2.45, 2.75) is 44.2 Å². The van der Waals surface area contributed by atoms with Crippen LogP contribution in [0.4, 0.5) is 0 Å². The van der Waals surface area contributed by atoms with Crippen LogP contribution >= 0.6 is 0 Å². The third-order valence-electron chi connectivity index (χ3n) is 4.90. The summed E-state index contributed by atoms with van der Waals surface area (Å²) in [7, 11) is 4.07. The zero-order valence-corrected chi connectivity index (χ0v) is 13.2. The Kier molecular flexibility index (Phi) is 5.41. The van der Waals surface area contributed by atoms with E-state index in [0.29, 0.717) is 12.6 Å². The van der Waals surface area contributed by atoms with E-state index in [1.54, 1.807) is 0 Å². The fourth-order valence-corrected chi connectivity index (χ4v) is 3.55. The topological polar surface area (TPSA) is 44.8 Å². The van der Waals surface area contributed by atoms with Gasteiger partial charge in [-0.25, -0.2) is 0 Å². The number of nitrogens with one attached hydrogen (secondary N) is 1. The zero-order chi connectivity index (χ0) is 14.6. The smallest absolute Gasteiger partial charge is 0.326 e. The molecule has 2 unspecified atom stereocenters. The number of rotatable bonds is 4. The Hall–Kier alpha value is -0.650. The number of carbonyl (C=O) groups is 1. The Morgan fingerprint density at radius 1 is 1.35 bits per heavy atom. The second-order valence-electron chi connectivity index (χ2n) is 6.14. The van der Waals surface area contributed by atoms with Crippen LogP contribution in [0.3, 0.4) is 0 Å². The summed E-state index contributed by atoms with van der Waals surface area (Å²) in [4.78, 5) is 17.2. The first-order valence-corrected chi connectivity index (χ1v) is 7.90. The molecule has 2 aliphatic rings. The van der Waals surface area contributed by atoms with Gasteiger partial charge in [0.15, 0.2) is 0 Å². The molecular formula is C15H29N3O2. The molecule has 2 rings (SSSR count). The molecular weight excluding hydrogens is 254 g/mol. The average Bonchev–Trinajstić information content (AvgIpc) is 2.77. The van der Waals surface area contributed by atoms with Crippen LogP contribution in [0.25, 0.3) is 0 Å². The van der Waals surface area contributed by atoms with E-state index in [1.165, 1.54) is 13.0 Å². The molecule has 116 valence electrons. The standard InChI is InChI=1S/C15H29N3O2/c1-4-20-14(19)15(16-2)7-6-13(12-15)18-9-5-8-17(3)10-11-18/h13,16H,4-12H2,1-3H3. The van der Waals surface area contributed by atoms with Crippen molar-refractivity contribution in [3.8, 4) is 0 Å². The molecule has 1 saturated heterocycles. The minimum absolute atomic E-state index is 0.0723. The first-order valence-electron chi connectivity index (χ1n) is 7.90. The molecule has 0 aromatic rings. The number of carbonyl (C=O) groups excluding carboxylic acids is 1. The Bertz CT molecular complexity index is 337. The van der Waals surface area contributed by atoms with Gasteiger partial charge in [-0.2, -0.15) is 0 Å². The lowest BCUT2D eigenvalue weighted by Crippen LogP contribution is -2.50. The molecule has 1 aliphatic heterocycles. The van der Waals surface area contributed by atoms with Crippen molar-refractivity contribution < 1.29 is 9.53 Å². The summed E-state index contributed by atoms with van der Waals surface area (Å²) in [5, 5.41) is 3.24. The second-order valence-corrected chi connectivity index (χ2v) is 6.14. The monoisotopic (exact) mass is 283 g/mol. The largest absolute Gasteiger partial charge is 0.465 e. The number of esters is 1. The molecule has 20 heavy (non-hydrogen) atoms. The first-order chi connectivity index (χ1) is 9.61.